The number of halogens is 1. The van der Waals surface area contributed by atoms with Crippen LogP contribution in [0, 0.1) is 0 Å². The molecule has 104 valence electrons. The first-order chi connectivity index (χ1) is 9.01. The number of carbonyl (C=O) groups is 2. The fourth-order valence-corrected chi connectivity index (χ4v) is 1.70. The third-order valence-corrected chi connectivity index (χ3v) is 2.62. The maximum atomic E-state index is 11.5. The predicted molar refractivity (Wildman–Crippen MR) is 75.0 cm³/mol. The van der Waals surface area contributed by atoms with Crippen LogP contribution in [0.2, 0.25) is 5.02 Å². The number of urea groups is 1. The first kappa shape index (κ1) is 15.5. The molecule has 0 radical (unpaired) electrons. The first-order valence-electron chi connectivity index (χ1n) is 6.02. The van der Waals surface area contributed by atoms with Gasteiger partial charge in [-0.1, -0.05) is 23.7 Å². The van der Waals surface area contributed by atoms with Crippen molar-refractivity contribution in [1.82, 2.24) is 15.5 Å². The molecule has 6 heteroatoms. The molecular weight excluding hydrogens is 266 g/mol. The van der Waals surface area contributed by atoms with E-state index < -0.39 is 6.03 Å². The van der Waals surface area contributed by atoms with Gasteiger partial charge in [0.25, 0.3) is 0 Å². The van der Waals surface area contributed by atoms with Gasteiger partial charge in [-0.3, -0.25) is 15.0 Å². The fraction of sp³-hybridized carbons (Fsp3) is 0.385. The molecule has 3 amide bonds. The minimum absolute atomic E-state index is 0.153. The second kappa shape index (κ2) is 7.76. The highest BCUT2D eigenvalue weighted by Gasteiger charge is 2.10. The first-order valence-corrected chi connectivity index (χ1v) is 6.39. The van der Waals surface area contributed by atoms with Crippen molar-refractivity contribution in [2.45, 2.75) is 13.5 Å². The third kappa shape index (κ3) is 6.22. The summed E-state index contributed by atoms with van der Waals surface area (Å²) in [5.74, 6) is -0.331. The Morgan fingerprint density at radius 1 is 1.26 bits per heavy atom. The normalized spacial score (nSPS) is 10.3. The topological polar surface area (TPSA) is 61.4 Å². The van der Waals surface area contributed by atoms with Gasteiger partial charge in [0.2, 0.25) is 5.91 Å². The molecule has 1 aromatic rings. The van der Waals surface area contributed by atoms with Crippen LogP contribution >= 0.6 is 11.6 Å². The Bertz CT molecular complexity index is 434. The van der Waals surface area contributed by atoms with Gasteiger partial charge in [-0.25, -0.2) is 4.79 Å². The van der Waals surface area contributed by atoms with E-state index in [9.17, 15) is 9.59 Å². The van der Waals surface area contributed by atoms with E-state index in [0.29, 0.717) is 18.1 Å². The Balaban J connectivity index is 2.38. The molecule has 0 aliphatic heterocycles. The zero-order valence-electron chi connectivity index (χ0n) is 11.1. The molecule has 0 spiro atoms. The number of amides is 3. The highest BCUT2D eigenvalue weighted by molar-refractivity contribution is 6.30. The summed E-state index contributed by atoms with van der Waals surface area (Å²) in [5, 5.41) is 5.44. The van der Waals surface area contributed by atoms with Crippen molar-refractivity contribution in [2.75, 3.05) is 20.1 Å². The van der Waals surface area contributed by atoms with E-state index in [-0.39, 0.29) is 12.5 Å². The van der Waals surface area contributed by atoms with Gasteiger partial charge in [-0.15, -0.1) is 0 Å². The van der Waals surface area contributed by atoms with Crippen LogP contribution in [0.25, 0.3) is 0 Å². The summed E-state index contributed by atoms with van der Waals surface area (Å²) in [5.41, 5.74) is 1.05. The van der Waals surface area contributed by atoms with E-state index in [1.807, 2.05) is 24.1 Å². The highest BCUT2D eigenvalue weighted by Crippen LogP contribution is 2.10. The van der Waals surface area contributed by atoms with E-state index in [4.69, 9.17) is 11.6 Å². The number of carbonyl (C=O) groups excluding carboxylic acids is 2. The Hall–Kier alpha value is -1.59. The largest absolute Gasteiger partial charge is 0.338 e. The van der Waals surface area contributed by atoms with E-state index in [1.165, 1.54) is 0 Å². The minimum Gasteiger partial charge on any atom is -0.338 e. The number of nitrogens with one attached hydrogen (secondary N) is 2. The molecule has 1 aromatic carbocycles. The summed E-state index contributed by atoms with van der Waals surface area (Å²) in [6, 6.07) is 6.95. The highest BCUT2D eigenvalue weighted by atomic mass is 35.5. The lowest BCUT2D eigenvalue weighted by Gasteiger charge is -2.16. The second-order valence-electron chi connectivity index (χ2n) is 4.21. The molecule has 0 atom stereocenters. The molecule has 5 nitrogen and oxygen atoms in total. The molecule has 0 fully saturated rings. The van der Waals surface area contributed by atoms with Gasteiger partial charge in [0.1, 0.15) is 0 Å². The van der Waals surface area contributed by atoms with Crippen molar-refractivity contribution in [3.8, 4) is 0 Å². The molecular formula is C13H18ClN3O2. The SMILES string of the molecule is CCNC(=O)NC(=O)CN(C)Cc1ccc(Cl)cc1. The predicted octanol–water partition coefficient (Wildman–Crippen LogP) is 1.62. The second-order valence-corrected chi connectivity index (χ2v) is 4.64. The van der Waals surface area contributed by atoms with Gasteiger partial charge >= 0.3 is 6.03 Å². The average molecular weight is 284 g/mol. The van der Waals surface area contributed by atoms with Gasteiger partial charge in [0.15, 0.2) is 0 Å². The molecule has 1 rings (SSSR count). The number of imide groups is 1. The molecule has 0 aromatic heterocycles. The number of nitrogens with zero attached hydrogens (tertiary/aromatic N) is 1. The van der Waals surface area contributed by atoms with Gasteiger partial charge in [-0.05, 0) is 31.7 Å². The Kier molecular flexibility index (Phi) is 6.32. The van der Waals surface area contributed by atoms with Crippen molar-refractivity contribution in [3.63, 3.8) is 0 Å². The molecule has 2 N–H and O–H groups in total. The Morgan fingerprint density at radius 2 is 1.89 bits per heavy atom. The molecule has 0 saturated heterocycles. The molecule has 0 saturated carbocycles. The van der Waals surface area contributed by atoms with Crippen LogP contribution in [0.4, 0.5) is 4.79 Å². The quantitative estimate of drug-likeness (QED) is 0.863. The summed E-state index contributed by atoms with van der Waals surface area (Å²) in [4.78, 5) is 24.5. The van der Waals surface area contributed by atoms with Gasteiger partial charge in [0.05, 0.1) is 6.54 Å². The molecule has 19 heavy (non-hydrogen) atoms. The smallest absolute Gasteiger partial charge is 0.321 e. The van der Waals surface area contributed by atoms with E-state index in [0.717, 1.165) is 5.56 Å². The lowest BCUT2D eigenvalue weighted by molar-refractivity contribution is -0.120. The average Bonchev–Trinajstić information content (AvgIpc) is 2.32. The fourth-order valence-electron chi connectivity index (χ4n) is 1.57. The minimum atomic E-state index is -0.465. The van der Waals surface area contributed by atoms with Crippen LogP contribution in [0.3, 0.4) is 0 Å². The maximum absolute atomic E-state index is 11.5. The Morgan fingerprint density at radius 3 is 2.47 bits per heavy atom. The molecule has 0 aliphatic rings. The molecule has 0 aliphatic carbocycles. The lowest BCUT2D eigenvalue weighted by atomic mass is 10.2. The van der Waals surface area contributed by atoms with Crippen molar-refractivity contribution in [1.29, 1.82) is 0 Å². The van der Waals surface area contributed by atoms with E-state index in [2.05, 4.69) is 10.6 Å². The van der Waals surface area contributed by atoms with Crippen LogP contribution in [-0.4, -0.2) is 37.0 Å². The number of likely N-dealkylation sites (N-methyl/N-ethyl adjacent to an activating group) is 1. The third-order valence-electron chi connectivity index (χ3n) is 2.37. The maximum Gasteiger partial charge on any atom is 0.321 e. The molecule has 0 heterocycles. The zero-order valence-corrected chi connectivity index (χ0v) is 11.8. The van der Waals surface area contributed by atoms with Gasteiger partial charge < -0.3 is 5.32 Å². The number of rotatable bonds is 5. The standard InChI is InChI=1S/C13H18ClN3O2/c1-3-15-13(19)16-12(18)9-17(2)8-10-4-6-11(14)7-5-10/h4-7H,3,8-9H2,1-2H3,(H2,15,16,18,19). The summed E-state index contributed by atoms with van der Waals surface area (Å²) >= 11 is 5.80. The number of benzene rings is 1. The van der Waals surface area contributed by atoms with Crippen molar-refractivity contribution in [3.05, 3.63) is 34.9 Å². The van der Waals surface area contributed by atoms with Crippen LogP contribution in [0.1, 0.15) is 12.5 Å². The Labute approximate surface area is 117 Å². The summed E-state index contributed by atoms with van der Waals surface area (Å²) in [6.07, 6.45) is 0. The zero-order chi connectivity index (χ0) is 14.3. The van der Waals surface area contributed by atoms with E-state index in [1.54, 1.807) is 19.1 Å². The summed E-state index contributed by atoms with van der Waals surface area (Å²) in [7, 11) is 1.81. The van der Waals surface area contributed by atoms with Crippen LogP contribution < -0.4 is 10.6 Å². The van der Waals surface area contributed by atoms with Crippen molar-refractivity contribution < 1.29 is 9.59 Å². The van der Waals surface area contributed by atoms with Gasteiger partial charge in [0, 0.05) is 18.1 Å². The van der Waals surface area contributed by atoms with Crippen molar-refractivity contribution in [2.24, 2.45) is 0 Å². The van der Waals surface area contributed by atoms with Crippen LogP contribution in [0.5, 0.6) is 0 Å². The summed E-state index contributed by atoms with van der Waals surface area (Å²) in [6.45, 7) is 3.04. The monoisotopic (exact) mass is 283 g/mol. The van der Waals surface area contributed by atoms with Gasteiger partial charge in [-0.2, -0.15) is 0 Å². The lowest BCUT2D eigenvalue weighted by Crippen LogP contribution is -2.43. The summed E-state index contributed by atoms with van der Waals surface area (Å²) < 4.78 is 0. The van der Waals surface area contributed by atoms with Crippen LogP contribution in [0.15, 0.2) is 24.3 Å². The number of hydrogen-bond acceptors (Lipinski definition) is 3. The van der Waals surface area contributed by atoms with Crippen LogP contribution in [-0.2, 0) is 11.3 Å². The van der Waals surface area contributed by atoms with Crippen molar-refractivity contribution >= 4 is 23.5 Å². The number of hydrogen-bond donors (Lipinski definition) is 2. The molecule has 0 bridgehead atoms. The molecule has 0 unspecified atom stereocenters. The van der Waals surface area contributed by atoms with E-state index >= 15 is 0 Å².